The molecule has 1 heterocycles. The number of fused-ring (bicyclic) bond motifs is 1. The van der Waals surface area contributed by atoms with Gasteiger partial charge < -0.3 is 9.64 Å². The third-order valence-electron chi connectivity index (χ3n) is 3.27. The Labute approximate surface area is 95.9 Å². The van der Waals surface area contributed by atoms with Crippen LogP contribution in [0.25, 0.3) is 0 Å². The van der Waals surface area contributed by atoms with Crippen molar-refractivity contribution in [2.24, 2.45) is 5.92 Å². The van der Waals surface area contributed by atoms with Crippen molar-refractivity contribution in [1.82, 2.24) is 4.90 Å². The third-order valence-corrected chi connectivity index (χ3v) is 3.27. The van der Waals surface area contributed by atoms with Gasteiger partial charge in [-0.1, -0.05) is 0 Å². The van der Waals surface area contributed by atoms with Gasteiger partial charge in [0.25, 0.3) is 0 Å². The highest BCUT2D eigenvalue weighted by atomic mass is 16.6. The van der Waals surface area contributed by atoms with E-state index in [0.29, 0.717) is 18.7 Å². The maximum Gasteiger partial charge on any atom is 0.410 e. The maximum absolute atomic E-state index is 11.9. The molecule has 90 valence electrons. The van der Waals surface area contributed by atoms with Gasteiger partial charge in [-0.2, -0.15) is 0 Å². The van der Waals surface area contributed by atoms with E-state index in [1.165, 1.54) is 0 Å². The first-order valence-electron chi connectivity index (χ1n) is 5.91. The molecule has 2 unspecified atom stereocenters. The second kappa shape index (κ2) is 3.75. The predicted molar refractivity (Wildman–Crippen MR) is 59.1 cm³/mol. The Morgan fingerprint density at radius 2 is 2.06 bits per heavy atom. The number of nitrogens with zero attached hydrogens (tertiary/aromatic N) is 1. The number of hydrogen-bond donors (Lipinski definition) is 0. The van der Waals surface area contributed by atoms with E-state index in [0.717, 1.165) is 12.8 Å². The van der Waals surface area contributed by atoms with E-state index >= 15 is 0 Å². The number of rotatable bonds is 0. The zero-order valence-electron chi connectivity index (χ0n) is 10.2. The molecule has 2 atom stereocenters. The molecule has 1 aliphatic carbocycles. The van der Waals surface area contributed by atoms with Crippen LogP contribution < -0.4 is 0 Å². The second-order valence-electron chi connectivity index (χ2n) is 5.64. The molecule has 1 amide bonds. The zero-order valence-corrected chi connectivity index (χ0v) is 10.2. The van der Waals surface area contributed by atoms with E-state index in [1.54, 1.807) is 4.90 Å². The summed E-state index contributed by atoms with van der Waals surface area (Å²) < 4.78 is 5.34. The van der Waals surface area contributed by atoms with Crippen LogP contribution in [0.2, 0.25) is 0 Å². The highest BCUT2D eigenvalue weighted by Crippen LogP contribution is 2.36. The standard InChI is InChI=1S/C12H19NO3/c1-12(2,3)16-11(15)13-7-6-8-9(13)4-5-10(8)14/h8-9H,4-7H2,1-3H3. The number of hydrogen-bond acceptors (Lipinski definition) is 3. The summed E-state index contributed by atoms with van der Waals surface area (Å²) in [6.45, 7) is 6.24. The average molecular weight is 225 g/mol. The summed E-state index contributed by atoms with van der Waals surface area (Å²) >= 11 is 0. The number of amides is 1. The quantitative estimate of drug-likeness (QED) is 0.633. The van der Waals surface area contributed by atoms with Crippen molar-refractivity contribution in [2.45, 2.75) is 51.7 Å². The first-order valence-corrected chi connectivity index (χ1v) is 5.91. The molecule has 2 aliphatic rings. The van der Waals surface area contributed by atoms with E-state index in [1.807, 2.05) is 20.8 Å². The smallest absolute Gasteiger partial charge is 0.410 e. The SMILES string of the molecule is CC(C)(C)OC(=O)N1CCC2C(=O)CCC21. The molecule has 0 spiro atoms. The van der Waals surface area contributed by atoms with Crippen LogP contribution in [-0.2, 0) is 9.53 Å². The van der Waals surface area contributed by atoms with Crippen molar-refractivity contribution in [3.05, 3.63) is 0 Å². The highest BCUT2D eigenvalue weighted by Gasteiger charge is 2.45. The molecule has 0 aromatic carbocycles. The van der Waals surface area contributed by atoms with Crippen molar-refractivity contribution in [1.29, 1.82) is 0 Å². The molecular formula is C12H19NO3. The molecule has 0 radical (unpaired) electrons. The number of carbonyl (C=O) groups excluding carboxylic acids is 2. The molecule has 1 aliphatic heterocycles. The summed E-state index contributed by atoms with van der Waals surface area (Å²) in [6, 6.07) is 0.0994. The summed E-state index contributed by atoms with van der Waals surface area (Å²) in [5.41, 5.74) is -0.461. The maximum atomic E-state index is 11.9. The van der Waals surface area contributed by atoms with Crippen molar-refractivity contribution in [2.75, 3.05) is 6.54 Å². The van der Waals surface area contributed by atoms with Crippen molar-refractivity contribution in [3.8, 4) is 0 Å². The lowest BCUT2D eigenvalue weighted by Gasteiger charge is -2.27. The van der Waals surface area contributed by atoms with Gasteiger partial charge in [-0.3, -0.25) is 4.79 Å². The molecule has 0 bridgehead atoms. The molecule has 2 rings (SSSR count). The Hall–Kier alpha value is -1.06. The Morgan fingerprint density at radius 3 is 2.69 bits per heavy atom. The fourth-order valence-electron chi connectivity index (χ4n) is 2.61. The second-order valence-corrected chi connectivity index (χ2v) is 5.64. The van der Waals surface area contributed by atoms with E-state index in [4.69, 9.17) is 4.74 Å². The monoisotopic (exact) mass is 225 g/mol. The Balaban J connectivity index is 2.01. The lowest BCUT2D eigenvalue weighted by atomic mass is 10.0. The van der Waals surface area contributed by atoms with Crippen LogP contribution in [0.1, 0.15) is 40.0 Å². The van der Waals surface area contributed by atoms with Crippen molar-refractivity contribution in [3.63, 3.8) is 0 Å². The Morgan fingerprint density at radius 1 is 1.38 bits per heavy atom. The highest BCUT2D eigenvalue weighted by molar-refractivity contribution is 5.85. The molecule has 1 saturated heterocycles. The zero-order chi connectivity index (χ0) is 11.9. The fourth-order valence-corrected chi connectivity index (χ4v) is 2.61. The minimum absolute atomic E-state index is 0.0764. The minimum atomic E-state index is -0.461. The molecular weight excluding hydrogens is 206 g/mol. The fraction of sp³-hybridized carbons (Fsp3) is 0.833. The van der Waals surface area contributed by atoms with Crippen molar-refractivity contribution >= 4 is 11.9 Å². The van der Waals surface area contributed by atoms with Crippen molar-refractivity contribution < 1.29 is 14.3 Å². The summed E-state index contributed by atoms with van der Waals surface area (Å²) in [5.74, 6) is 0.392. The number of likely N-dealkylation sites (tertiary alicyclic amines) is 1. The van der Waals surface area contributed by atoms with Gasteiger partial charge in [-0.05, 0) is 33.6 Å². The Kier molecular flexibility index (Phi) is 2.68. The molecule has 0 N–H and O–H groups in total. The number of carbonyl (C=O) groups is 2. The van der Waals surface area contributed by atoms with Gasteiger partial charge in [-0.25, -0.2) is 4.79 Å². The third kappa shape index (κ3) is 2.06. The molecule has 2 fully saturated rings. The van der Waals surface area contributed by atoms with Gasteiger partial charge in [0.15, 0.2) is 0 Å². The van der Waals surface area contributed by atoms with E-state index in [-0.39, 0.29) is 18.1 Å². The van der Waals surface area contributed by atoms with Crippen LogP contribution >= 0.6 is 0 Å². The number of Topliss-reactive ketones (excluding diaryl/α,β-unsaturated/α-hetero) is 1. The first kappa shape index (κ1) is 11.4. The van der Waals surface area contributed by atoms with Crippen LogP contribution in [-0.4, -0.2) is 35.0 Å². The molecule has 0 aromatic heterocycles. The summed E-state index contributed by atoms with van der Waals surface area (Å²) in [5, 5.41) is 0. The number of ether oxygens (including phenoxy) is 1. The summed E-state index contributed by atoms with van der Waals surface area (Å²) in [7, 11) is 0. The van der Waals surface area contributed by atoms with E-state index in [9.17, 15) is 9.59 Å². The van der Waals surface area contributed by atoms with Crippen LogP contribution in [0.3, 0.4) is 0 Å². The average Bonchev–Trinajstić information content (AvgIpc) is 2.66. The van der Waals surface area contributed by atoms with Crippen LogP contribution in [0.5, 0.6) is 0 Å². The predicted octanol–water partition coefficient (Wildman–Crippen LogP) is 1.97. The van der Waals surface area contributed by atoms with Crippen LogP contribution in [0, 0.1) is 5.92 Å². The minimum Gasteiger partial charge on any atom is -0.444 e. The van der Waals surface area contributed by atoms with Gasteiger partial charge in [0.1, 0.15) is 11.4 Å². The molecule has 4 heteroatoms. The lowest BCUT2D eigenvalue weighted by molar-refractivity contribution is -0.120. The van der Waals surface area contributed by atoms with Crippen LogP contribution in [0.15, 0.2) is 0 Å². The largest absolute Gasteiger partial charge is 0.444 e. The van der Waals surface area contributed by atoms with Gasteiger partial charge in [0, 0.05) is 24.9 Å². The summed E-state index contributed by atoms with van der Waals surface area (Å²) in [4.78, 5) is 25.2. The van der Waals surface area contributed by atoms with E-state index < -0.39 is 5.60 Å². The molecule has 1 saturated carbocycles. The summed E-state index contributed by atoms with van der Waals surface area (Å²) in [6.07, 6.45) is 1.97. The molecule has 0 aromatic rings. The molecule has 16 heavy (non-hydrogen) atoms. The molecule has 4 nitrogen and oxygen atoms in total. The Bertz CT molecular complexity index is 319. The number of ketones is 1. The topological polar surface area (TPSA) is 46.6 Å². The van der Waals surface area contributed by atoms with Gasteiger partial charge in [0.05, 0.1) is 0 Å². The van der Waals surface area contributed by atoms with Gasteiger partial charge in [0.2, 0.25) is 0 Å². The van der Waals surface area contributed by atoms with Gasteiger partial charge >= 0.3 is 6.09 Å². The van der Waals surface area contributed by atoms with Gasteiger partial charge in [-0.15, -0.1) is 0 Å². The normalized spacial score (nSPS) is 29.4. The van der Waals surface area contributed by atoms with Crippen LogP contribution in [0.4, 0.5) is 4.79 Å². The van der Waals surface area contributed by atoms with E-state index in [2.05, 4.69) is 0 Å². The lowest BCUT2D eigenvalue weighted by Crippen LogP contribution is -2.40. The first-order chi connectivity index (χ1) is 7.38.